The summed E-state index contributed by atoms with van der Waals surface area (Å²) in [5.74, 6) is -4.00. The zero-order valence-corrected chi connectivity index (χ0v) is 15.4. The summed E-state index contributed by atoms with van der Waals surface area (Å²) < 4.78 is 57.3. The van der Waals surface area contributed by atoms with Crippen molar-refractivity contribution in [3.63, 3.8) is 0 Å². The number of nitrogens with zero attached hydrogens (tertiary/aromatic N) is 1. The van der Waals surface area contributed by atoms with Crippen LogP contribution in [0.25, 0.3) is 16.4 Å². The standard InChI is InChI=1S/C22H13F4NO3/c1-11-10-12-6-2-5-9-15(12)27-18(11)16(17(21(29)30)20(27)22(24,25)26)19(28)13-7-3-4-8-14(13)23/h2-10H,1H3,(H,29,30). The van der Waals surface area contributed by atoms with E-state index in [0.717, 1.165) is 16.5 Å². The number of alkyl halides is 3. The third-order valence-corrected chi connectivity index (χ3v) is 4.92. The van der Waals surface area contributed by atoms with Crippen molar-refractivity contribution in [1.29, 1.82) is 0 Å². The molecule has 0 bridgehead atoms. The molecule has 0 amide bonds. The van der Waals surface area contributed by atoms with Crippen molar-refractivity contribution in [3.05, 3.63) is 88.4 Å². The molecule has 1 N–H and O–H groups in total. The summed E-state index contributed by atoms with van der Waals surface area (Å²) in [6.07, 6.45) is -5.08. The van der Waals surface area contributed by atoms with Crippen LogP contribution in [0, 0.1) is 12.7 Å². The lowest BCUT2D eigenvalue weighted by atomic mass is 9.97. The molecule has 4 rings (SSSR count). The fraction of sp³-hybridized carbons (Fsp3) is 0.0909. The Morgan fingerprint density at radius 2 is 1.60 bits per heavy atom. The van der Waals surface area contributed by atoms with Crippen LogP contribution in [-0.4, -0.2) is 21.3 Å². The van der Waals surface area contributed by atoms with Crippen LogP contribution in [-0.2, 0) is 6.18 Å². The summed E-state index contributed by atoms with van der Waals surface area (Å²) in [4.78, 5) is 25.1. The van der Waals surface area contributed by atoms with Gasteiger partial charge in [-0.15, -0.1) is 0 Å². The molecule has 4 nitrogen and oxygen atoms in total. The van der Waals surface area contributed by atoms with E-state index in [1.807, 2.05) is 0 Å². The Morgan fingerprint density at radius 3 is 2.23 bits per heavy atom. The monoisotopic (exact) mass is 415 g/mol. The van der Waals surface area contributed by atoms with Crippen LogP contribution < -0.4 is 0 Å². The van der Waals surface area contributed by atoms with Gasteiger partial charge in [-0.1, -0.05) is 30.3 Å². The number of aromatic nitrogens is 1. The topological polar surface area (TPSA) is 58.8 Å². The van der Waals surface area contributed by atoms with Gasteiger partial charge >= 0.3 is 12.1 Å². The summed E-state index contributed by atoms with van der Waals surface area (Å²) in [7, 11) is 0. The van der Waals surface area contributed by atoms with Crippen LogP contribution in [0.2, 0.25) is 0 Å². The number of pyridine rings is 1. The number of carboxylic acid groups (broad SMARTS) is 1. The number of carbonyl (C=O) groups is 2. The molecule has 0 spiro atoms. The van der Waals surface area contributed by atoms with Gasteiger partial charge in [-0.2, -0.15) is 13.2 Å². The number of carbonyl (C=O) groups excluding carboxylic acids is 1. The molecular weight excluding hydrogens is 402 g/mol. The predicted molar refractivity (Wildman–Crippen MR) is 101 cm³/mol. The number of para-hydroxylation sites is 1. The zero-order valence-electron chi connectivity index (χ0n) is 15.4. The molecule has 152 valence electrons. The first-order chi connectivity index (χ1) is 14.1. The maximum atomic E-state index is 14.3. The SMILES string of the molecule is Cc1cc2ccccc2n2c(C(F)(F)F)c(C(=O)O)c(C(=O)c3ccccc3F)c12. The summed E-state index contributed by atoms with van der Waals surface area (Å²) in [6.45, 7) is 1.48. The van der Waals surface area contributed by atoms with E-state index in [9.17, 15) is 32.3 Å². The van der Waals surface area contributed by atoms with Crippen molar-refractivity contribution < 1.29 is 32.3 Å². The summed E-state index contributed by atoms with van der Waals surface area (Å²) >= 11 is 0. The lowest BCUT2D eigenvalue weighted by Crippen LogP contribution is -2.16. The van der Waals surface area contributed by atoms with E-state index in [0.29, 0.717) is 5.39 Å². The first kappa shape index (κ1) is 19.6. The average molecular weight is 415 g/mol. The van der Waals surface area contributed by atoms with Crippen LogP contribution in [0.5, 0.6) is 0 Å². The molecule has 0 aliphatic heterocycles. The van der Waals surface area contributed by atoms with Crippen molar-refractivity contribution in [1.82, 2.24) is 4.40 Å². The Balaban J connectivity index is 2.28. The predicted octanol–water partition coefficient (Wildman–Crippen LogP) is 5.49. The van der Waals surface area contributed by atoms with Crippen LogP contribution in [0.1, 0.15) is 37.5 Å². The summed E-state index contributed by atoms with van der Waals surface area (Å²) in [5, 5.41) is 10.1. The van der Waals surface area contributed by atoms with Gasteiger partial charge in [0.25, 0.3) is 0 Å². The smallest absolute Gasteiger partial charge is 0.432 e. The van der Waals surface area contributed by atoms with E-state index < -0.39 is 46.1 Å². The number of benzene rings is 2. The molecule has 4 aromatic rings. The highest BCUT2D eigenvalue weighted by Gasteiger charge is 2.44. The Kier molecular flexibility index (Phi) is 4.38. The number of hydrogen-bond acceptors (Lipinski definition) is 2. The molecule has 0 saturated heterocycles. The van der Waals surface area contributed by atoms with Gasteiger partial charge in [-0.25, -0.2) is 9.18 Å². The van der Waals surface area contributed by atoms with E-state index in [1.165, 1.54) is 31.2 Å². The molecule has 2 aromatic carbocycles. The summed E-state index contributed by atoms with van der Waals surface area (Å²) in [6, 6.07) is 12.5. The lowest BCUT2D eigenvalue weighted by Gasteiger charge is -2.12. The second kappa shape index (κ2) is 6.69. The molecule has 0 fully saturated rings. The lowest BCUT2D eigenvalue weighted by molar-refractivity contribution is -0.142. The third-order valence-electron chi connectivity index (χ3n) is 4.92. The van der Waals surface area contributed by atoms with Gasteiger partial charge in [0, 0.05) is 0 Å². The quantitative estimate of drug-likeness (QED) is 0.356. The molecule has 0 aliphatic rings. The molecule has 2 aromatic heterocycles. The van der Waals surface area contributed by atoms with Gasteiger partial charge in [0.1, 0.15) is 17.1 Å². The highest BCUT2D eigenvalue weighted by Crippen LogP contribution is 2.41. The van der Waals surface area contributed by atoms with Crippen molar-refractivity contribution in [2.75, 3.05) is 0 Å². The molecular formula is C22H13F4NO3. The van der Waals surface area contributed by atoms with Gasteiger partial charge in [0.15, 0.2) is 5.78 Å². The maximum Gasteiger partial charge on any atom is 0.432 e. The number of rotatable bonds is 3. The van der Waals surface area contributed by atoms with E-state index in [2.05, 4.69) is 0 Å². The van der Waals surface area contributed by atoms with Crippen molar-refractivity contribution in [2.24, 2.45) is 0 Å². The Morgan fingerprint density at radius 1 is 0.967 bits per heavy atom. The molecule has 30 heavy (non-hydrogen) atoms. The van der Waals surface area contributed by atoms with E-state index >= 15 is 0 Å². The van der Waals surface area contributed by atoms with Crippen LogP contribution in [0.3, 0.4) is 0 Å². The van der Waals surface area contributed by atoms with Crippen LogP contribution in [0.4, 0.5) is 17.6 Å². The number of halogens is 4. The minimum Gasteiger partial charge on any atom is -0.478 e. The fourth-order valence-corrected chi connectivity index (χ4v) is 3.78. The third kappa shape index (κ3) is 2.83. The van der Waals surface area contributed by atoms with Crippen molar-refractivity contribution in [2.45, 2.75) is 13.1 Å². The normalized spacial score (nSPS) is 11.9. The number of carboxylic acids is 1. The molecule has 0 saturated carbocycles. The average Bonchev–Trinajstić information content (AvgIpc) is 3.06. The second-order valence-electron chi connectivity index (χ2n) is 6.78. The first-order valence-corrected chi connectivity index (χ1v) is 8.79. The zero-order chi connectivity index (χ0) is 21.8. The van der Waals surface area contributed by atoms with Crippen molar-refractivity contribution in [3.8, 4) is 0 Å². The maximum absolute atomic E-state index is 14.3. The van der Waals surface area contributed by atoms with E-state index in [-0.39, 0.29) is 16.6 Å². The fourth-order valence-electron chi connectivity index (χ4n) is 3.78. The van der Waals surface area contributed by atoms with Crippen LogP contribution >= 0.6 is 0 Å². The van der Waals surface area contributed by atoms with Crippen molar-refractivity contribution >= 4 is 28.2 Å². The number of hydrogen-bond donors (Lipinski definition) is 1. The van der Waals surface area contributed by atoms with E-state index in [4.69, 9.17) is 0 Å². The minimum atomic E-state index is -5.08. The van der Waals surface area contributed by atoms with Crippen LogP contribution in [0.15, 0.2) is 54.6 Å². The molecule has 2 heterocycles. The minimum absolute atomic E-state index is 0.0838. The highest BCUT2D eigenvalue weighted by atomic mass is 19.4. The molecule has 8 heteroatoms. The number of aromatic carboxylic acids is 1. The highest BCUT2D eigenvalue weighted by molar-refractivity contribution is 6.20. The van der Waals surface area contributed by atoms with Gasteiger partial charge in [0.2, 0.25) is 0 Å². The summed E-state index contributed by atoms with van der Waals surface area (Å²) in [5.41, 5.74) is -3.75. The largest absolute Gasteiger partial charge is 0.478 e. The molecule has 0 aliphatic carbocycles. The number of fused-ring (bicyclic) bond motifs is 3. The van der Waals surface area contributed by atoms with E-state index in [1.54, 1.807) is 18.2 Å². The Labute approximate surface area is 167 Å². The second-order valence-corrected chi connectivity index (χ2v) is 6.78. The molecule has 0 atom stereocenters. The Bertz CT molecular complexity index is 1350. The number of ketones is 1. The number of aryl methyl sites for hydroxylation is 1. The van der Waals surface area contributed by atoms with Gasteiger partial charge in [-0.05, 0) is 42.1 Å². The Hall–Kier alpha value is -3.68. The van der Waals surface area contributed by atoms with Gasteiger partial charge in [-0.3, -0.25) is 4.79 Å². The van der Waals surface area contributed by atoms with Gasteiger partial charge in [0.05, 0.1) is 22.2 Å². The molecule has 0 unspecified atom stereocenters. The molecule has 0 radical (unpaired) electrons. The first-order valence-electron chi connectivity index (χ1n) is 8.79. The van der Waals surface area contributed by atoms with Gasteiger partial charge < -0.3 is 9.51 Å².